The molecule has 1 aromatic carbocycles. The molecule has 2 heterocycles. The second-order valence-electron chi connectivity index (χ2n) is 5.07. The largest absolute Gasteiger partial charge is 0.474 e. The molecule has 1 aromatic heterocycles. The molecule has 0 N–H and O–H groups in total. The molecule has 0 saturated carbocycles. The molecule has 1 aliphatic heterocycles. The number of rotatable bonds is 2. The van der Waals surface area contributed by atoms with Crippen molar-refractivity contribution in [3.05, 3.63) is 47.7 Å². The number of fused-ring (bicyclic) bond motifs is 1. The van der Waals surface area contributed by atoms with E-state index in [0.29, 0.717) is 6.07 Å². The molecule has 130 valence electrons. The number of benzene rings is 1. The van der Waals surface area contributed by atoms with Gasteiger partial charge in [0, 0.05) is 6.20 Å². The van der Waals surface area contributed by atoms with Gasteiger partial charge in [-0.05, 0) is 30.3 Å². The molecular formula is C15H10F3N3O3S. The molecule has 6 nitrogen and oxygen atoms in total. The lowest BCUT2D eigenvalue weighted by atomic mass is 10.1. The van der Waals surface area contributed by atoms with Gasteiger partial charge in [0.05, 0.1) is 28.6 Å². The predicted octanol–water partition coefficient (Wildman–Crippen LogP) is 2.56. The van der Waals surface area contributed by atoms with Crippen molar-refractivity contribution in [2.24, 2.45) is 0 Å². The molecule has 0 atom stereocenters. The first-order valence-electron chi connectivity index (χ1n) is 6.97. The summed E-state index contributed by atoms with van der Waals surface area (Å²) in [6.07, 6.45) is -3.32. The zero-order valence-electron chi connectivity index (χ0n) is 12.5. The Morgan fingerprint density at radius 1 is 1.28 bits per heavy atom. The average molecular weight is 369 g/mol. The van der Waals surface area contributed by atoms with Gasteiger partial charge in [-0.2, -0.15) is 18.4 Å². The van der Waals surface area contributed by atoms with E-state index in [0.717, 1.165) is 16.4 Å². The molecule has 0 amide bonds. The molecule has 1 aliphatic rings. The summed E-state index contributed by atoms with van der Waals surface area (Å²) in [4.78, 5) is 3.52. The van der Waals surface area contributed by atoms with Gasteiger partial charge in [-0.15, -0.1) is 0 Å². The maximum atomic E-state index is 12.9. The molecule has 0 aliphatic carbocycles. The zero-order valence-corrected chi connectivity index (χ0v) is 13.3. The lowest BCUT2D eigenvalue weighted by Gasteiger charge is -2.29. The summed E-state index contributed by atoms with van der Waals surface area (Å²) >= 11 is 0. The van der Waals surface area contributed by atoms with Gasteiger partial charge in [-0.3, -0.25) is 4.31 Å². The molecule has 0 fully saturated rings. The number of sulfonamides is 1. The van der Waals surface area contributed by atoms with Crippen molar-refractivity contribution in [1.29, 1.82) is 5.26 Å². The standard InChI is InChI=1S/C15H10F3N3O3S/c16-15(17,18)12-4-3-11(8-10(12)9-19)25(22,23)21-6-7-24-14-13(21)2-1-5-20-14/h1-5,8H,6-7H2. The van der Waals surface area contributed by atoms with E-state index in [4.69, 9.17) is 10.00 Å². The van der Waals surface area contributed by atoms with Gasteiger partial charge < -0.3 is 4.74 Å². The first-order chi connectivity index (χ1) is 11.7. The molecule has 0 bridgehead atoms. The summed E-state index contributed by atoms with van der Waals surface area (Å²) < 4.78 is 70.6. The number of hydrogen-bond donors (Lipinski definition) is 0. The Bertz CT molecular complexity index is 968. The minimum atomic E-state index is -4.75. The monoisotopic (exact) mass is 369 g/mol. The number of aromatic nitrogens is 1. The van der Waals surface area contributed by atoms with Gasteiger partial charge in [0.25, 0.3) is 10.0 Å². The van der Waals surface area contributed by atoms with Crippen LogP contribution in [0.5, 0.6) is 5.88 Å². The van der Waals surface area contributed by atoms with Gasteiger partial charge in [0.15, 0.2) is 0 Å². The second kappa shape index (κ2) is 5.93. The van der Waals surface area contributed by atoms with Crippen LogP contribution >= 0.6 is 0 Å². The fourth-order valence-electron chi connectivity index (χ4n) is 2.43. The zero-order chi connectivity index (χ0) is 18.2. The maximum absolute atomic E-state index is 12.9. The fourth-order valence-corrected chi connectivity index (χ4v) is 3.90. The summed E-state index contributed by atoms with van der Waals surface area (Å²) in [5.74, 6) is 0.116. The van der Waals surface area contributed by atoms with E-state index in [1.807, 2.05) is 0 Å². The van der Waals surface area contributed by atoms with Gasteiger partial charge >= 0.3 is 6.18 Å². The second-order valence-corrected chi connectivity index (χ2v) is 6.93. The molecule has 25 heavy (non-hydrogen) atoms. The maximum Gasteiger partial charge on any atom is 0.417 e. The van der Waals surface area contributed by atoms with Crippen molar-refractivity contribution in [2.45, 2.75) is 11.1 Å². The van der Waals surface area contributed by atoms with E-state index in [1.54, 1.807) is 0 Å². The first-order valence-corrected chi connectivity index (χ1v) is 8.41. The lowest BCUT2D eigenvalue weighted by molar-refractivity contribution is -0.137. The number of hydrogen-bond acceptors (Lipinski definition) is 5. The third-order valence-corrected chi connectivity index (χ3v) is 5.37. The van der Waals surface area contributed by atoms with Crippen LogP contribution in [0.2, 0.25) is 0 Å². The topological polar surface area (TPSA) is 83.3 Å². The molecule has 0 saturated heterocycles. The SMILES string of the molecule is N#Cc1cc(S(=O)(=O)N2CCOc3ncccc32)ccc1C(F)(F)F. The Hall–Kier alpha value is -2.80. The van der Waals surface area contributed by atoms with Crippen molar-refractivity contribution in [3.63, 3.8) is 0 Å². The Kier molecular flexibility index (Phi) is 4.04. The van der Waals surface area contributed by atoms with Gasteiger partial charge in [0.2, 0.25) is 5.88 Å². The van der Waals surface area contributed by atoms with E-state index in [2.05, 4.69) is 4.98 Å². The molecular weight excluding hydrogens is 359 g/mol. The van der Waals surface area contributed by atoms with Crippen molar-refractivity contribution in [1.82, 2.24) is 4.98 Å². The van der Waals surface area contributed by atoms with Crippen LogP contribution in [0, 0.1) is 11.3 Å². The Balaban J connectivity index is 2.10. The highest BCUT2D eigenvalue weighted by atomic mass is 32.2. The Morgan fingerprint density at radius 2 is 2.04 bits per heavy atom. The van der Waals surface area contributed by atoms with Gasteiger partial charge in [0.1, 0.15) is 12.3 Å². The fraction of sp³-hybridized carbons (Fsp3) is 0.200. The first kappa shape index (κ1) is 17.0. The van der Waals surface area contributed by atoms with Crippen LogP contribution in [0.3, 0.4) is 0 Å². The smallest absolute Gasteiger partial charge is 0.417 e. The quantitative estimate of drug-likeness (QED) is 0.812. The van der Waals surface area contributed by atoms with Gasteiger partial charge in [-0.1, -0.05) is 0 Å². The number of nitriles is 1. The minimum absolute atomic E-state index is 0.0239. The van der Waals surface area contributed by atoms with E-state index >= 15 is 0 Å². The number of nitrogens with zero attached hydrogens (tertiary/aromatic N) is 3. The Labute approximate surface area is 141 Å². The number of ether oxygens (including phenoxy) is 1. The van der Waals surface area contributed by atoms with Crippen LogP contribution in [0.1, 0.15) is 11.1 Å². The number of anilines is 1. The van der Waals surface area contributed by atoms with E-state index in [1.165, 1.54) is 24.4 Å². The summed E-state index contributed by atoms with van der Waals surface area (Å²) in [6, 6.07) is 6.55. The lowest BCUT2D eigenvalue weighted by Crippen LogP contribution is -2.38. The van der Waals surface area contributed by atoms with Crippen molar-refractivity contribution < 1.29 is 26.3 Å². The van der Waals surface area contributed by atoms with E-state index < -0.39 is 32.2 Å². The van der Waals surface area contributed by atoms with Crippen LogP contribution in [0.15, 0.2) is 41.4 Å². The summed E-state index contributed by atoms with van der Waals surface area (Å²) in [5, 5.41) is 8.95. The number of alkyl halides is 3. The molecule has 0 radical (unpaired) electrons. The highest BCUT2D eigenvalue weighted by Crippen LogP contribution is 2.36. The highest BCUT2D eigenvalue weighted by Gasteiger charge is 2.36. The predicted molar refractivity (Wildman–Crippen MR) is 80.4 cm³/mol. The summed E-state index contributed by atoms with van der Waals surface area (Å²) in [5.41, 5.74) is -1.75. The van der Waals surface area contributed by atoms with Crippen LogP contribution in [-0.4, -0.2) is 26.6 Å². The summed E-state index contributed by atoms with van der Waals surface area (Å²) in [7, 11) is -4.18. The molecule has 0 spiro atoms. The molecule has 0 unspecified atom stereocenters. The third-order valence-electron chi connectivity index (χ3n) is 3.56. The van der Waals surface area contributed by atoms with Crippen LogP contribution in [-0.2, 0) is 16.2 Å². The van der Waals surface area contributed by atoms with Crippen molar-refractivity contribution in [3.8, 4) is 11.9 Å². The van der Waals surface area contributed by atoms with Crippen molar-refractivity contribution in [2.75, 3.05) is 17.5 Å². The molecule has 2 aromatic rings. The van der Waals surface area contributed by atoms with Crippen LogP contribution in [0.25, 0.3) is 0 Å². The molecule has 3 rings (SSSR count). The van der Waals surface area contributed by atoms with Crippen molar-refractivity contribution >= 4 is 15.7 Å². The van der Waals surface area contributed by atoms with E-state index in [-0.39, 0.29) is 24.7 Å². The minimum Gasteiger partial charge on any atom is -0.474 e. The van der Waals surface area contributed by atoms with Crippen LogP contribution < -0.4 is 9.04 Å². The number of pyridine rings is 1. The van der Waals surface area contributed by atoms with E-state index in [9.17, 15) is 21.6 Å². The average Bonchev–Trinajstić information content (AvgIpc) is 2.59. The summed E-state index contributed by atoms with van der Waals surface area (Å²) in [6.45, 7) is 0.0267. The molecule has 10 heteroatoms. The number of halogens is 3. The normalized spacial score (nSPS) is 14.4. The third kappa shape index (κ3) is 2.98. The van der Waals surface area contributed by atoms with Crippen LogP contribution in [0.4, 0.5) is 18.9 Å². The van der Waals surface area contributed by atoms with Gasteiger partial charge in [-0.25, -0.2) is 13.4 Å². The Morgan fingerprint density at radius 3 is 2.72 bits per heavy atom. The highest BCUT2D eigenvalue weighted by molar-refractivity contribution is 7.92.